The SMILES string of the molecule is CC(CC(=O)N1CCN(C(=O)c2ccccc2)CC1)NC(=O)c1ccccc1. The van der Waals surface area contributed by atoms with Gasteiger partial charge in [-0.25, -0.2) is 0 Å². The monoisotopic (exact) mass is 379 g/mol. The van der Waals surface area contributed by atoms with Crippen molar-refractivity contribution in [3.05, 3.63) is 71.8 Å². The van der Waals surface area contributed by atoms with E-state index in [-0.39, 0.29) is 30.2 Å². The lowest BCUT2D eigenvalue weighted by Gasteiger charge is -2.35. The lowest BCUT2D eigenvalue weighted by atomic mass is 10.1. The van der Waals surface area contributed by atoms with Crippen molar-refractivity contribution in [2.75, 3.05) is 26.2 Å². The maximum Gasteiger partial charge on any atom is 0.253 e. The molecule has 1 aliphatic rings. The molecule has 2 aromatic rings. The Kier molecular flexibility index (Phi) is 6.42. The normalized spacial score (nSPS) is 15.0. The van der Waals surface area contributed by atoms with Crippen LogP contribution in [0.15, 0.2) is 60.7 Å². The van der Waals surface area contributed by atoms with Gasteiger partial charge >= 0.3 is 0 Å². The average Bonchev–Trinajstić information content (AvgIpc) is 2.74. The molecule has 2 aromatic carbocycles. The van der Waals surface area contributed by atoms with Gasteiger partial charge in [-0.15, -0.1) is 0 Å². The molecule has 1 aliphatic heterocycles. The summed E-state index contributed by atoms with van der Waals surface area (Å²) in [6.45, 7) is 3.88. The van der Waals surface area contributed by atoms with E-state index in [1.807, 2.05) is 31.2 Å². The van der Waals surface area contributed by atoms with Crippen LogP contribution in [0, 0.1) is 0 Å². The molecule has 3 rings (SSSR count). The predicted molar refractivity (Wildman–Crippen MR) is 107 cm³/mol. The molecule has 0 saturated carbocycles. The molecule has 0 radical (unpaired) electrons. The summed E-state index contributed by atoms with van der Waals surface area (Å²) in [6.07, 6.45) is 0.241. The van der Waals surface area contributed by atoms with Gasteiger partial charge in [0.05, 0.1) is 0 Å². The van der Waals surface area contributed by atoms with Crippen molar-refractivity contribution in [3.8, 4) is 0 Å². The Morgan fingerprint density at radius 1 is 0.821 bits per heavy atom. The minimum absolute atomic E-state index is 0.00353. The summed E-state index contributed by atoms with van der Waals surface area (Å²) in [7, 11) is 0. The van der Waals surface area contributed by atoms with Crippen molar-refractivity contribution >= 4 is 17.7 Å². The van der Waals surface area contributed by atoms with Crippen LogP contribution < -0.4 is 5.32 Å². The summed E-state index contributed by atoms with van der Waals surface area (Å²) < 4.78 is 0. The van der Waals surface area contributed by atoms with Crippen LogP contribution in [-0.4, -0.2) is 59.7 Å². The minimum Gasteiger partial charge on any atom is -0.349 e. The third kappa shape index (κ3) is 4.97. The molecule has 0 aliphatic carbocycles. The second-order valence-electron chi connectivity index (χ2n) is 6.98. The summed E-state index contributed by atoms with van der Waals surface area (Å²) in [5.74, 6) is -0.192. The Hall–Kier alpha value is -3.15. The van der Waals surface area contributed by atoms with Crippen LogP contribution in [0.4, 0.5) is 0 Å². The van der Waals surface area contributed by atoms with E-state index in [1.165, 1.54) is 0 Å². The first-order valence-electron chi connectivity index (χ1n) is 9.52. The van der Waals surface area contributed by atoms with E-state index in [4.69, 9.17) is 0 Å². The van der Waals surface area contributed by atoms with E-state index in [0.717, 1.165) is 0 Å². The minimum atomic E-state index is -0.260. The van der Waals surface area contributed by atoms with Gasteiger partial charge in [0.15, 0.2) is 0 Å². The summed E-state index contributed by atoms with van der Waals surface area (Å²) in [4.78, 5) is 40.8. The van der Waals surface area contributed by atoms with Gasteiger partial charge in [0.25, 0.3) is 11.8 Å². The second-order valence-corrected chi connectivity index (χ2v) is 6.98. The number of carbonyl (C=O) groups excluding carboxylic acids is 3. The second kappa shape index (κ2) is 9.17. The van der Waals surface area contributed by atoms with E-state index >= 15 is 0 Å². The topological polar surface area (TPSA) is 69.7 Å². The highest BCUT2D eigenvalue weighted by Crippen LogP contribution is 2.10. The molecule has 1 fully saturated rings. The lowest BCUT2D eigenvalue weighted by Crippen LogP contribution is -2.51. The zero-order chi connectivity index (χ0) is 19.9. The number of rotatable bonds is 5. The van der Waals surface area contributed by atoms with E-state index in [0.29, 0.717) is 37.3 Å². The van der Waals surface area contributed by atoms with Gasteiger partial charge in [0.2, 0.25) is 5.91 Å². The van der Waals surface area contributed by atoms with Crippen molar-refractivity contribution in [2.45, 2.75) is 19.4 Å². The highest BCUT2D eigenvalue weighted by atomic mass is 16.2. The number of piperazine rings is 1. The molecule has 1 unspecified atom stereocenters. The first-order chi connectivity index (χ1) is 13.5. The van der Waals surface area contributed by atoms with Crippen molar-refractivity contribution in [1.29, 1.82) is 0 Å². The zero-order valence-corrected chi connectivity index (χ0v) is 16.0. The molecule has 146 valence electrons. The molecule has 1 heterocycles. The Morgan fingerprint density at radius 3 is 1.89 bits per heavy atom. The standard InChI is InChI=1S/C22H25N3O3/c1-17(23-21(27)18-8-4-2-5-9-18)16-20(26)24-12-14-25(15-13-24)22(28)19-10-6-3-7-11-19/h2-11,17H,12-16H2,1H3,(H,23,27). The molecule has 0 bridgehead atoms. The molecule has 1 saturated heterocycles. The molecule has 28 heavy (non-hydrogen) atoms. The molecule has 0 spiro atoms. The zero-order valence-electron chi connectivity index (χ0n) is 16.0. The summed E-state index contributed by atoms with van der Waals surface area (Å²) in [6, 6.07) is 17.9. The average molecular weight is 379 g/mol. The molecule has 6 nitrogen and oxygen atoms in total. The maximum absolute atomic E-state index is 12.5. The van der Waals surface area contributed by atoms with E-state index in [2.05, 4.69) is 5.32 Å². The quantitative estimate of drug-likeness (QED) is 0.866. The van der Waals surface area contributed by atoms with Gasteiger partial charge in [0, 0.05) is 49.8 Å². The van der Waals surface area contributed by atoms with Crippen LogP contribution in [-0.2, 0) is 4.79 Å². The Bertz CT molecular complexity index is 815. The number of hydrogen-bond donors (Lipinski definition) is 1. The number of amides is 3. The molecule has 0 aromatic heterocycles. The third-order valence-electron chi connectivity index (χ3n) is 4.83. The fourth-order valence-electron chi connectivity index (χ4n) is 3.26. The Morgan fingerprint density at radius 2 is 1.32 bits per heavy atom. The maximum atomic E-state index is 12.5. The van der Waals surface area contributed by atoms with E-state index in [9.17, 15) is 14.4 Å². The van der Waals surface area contributed by atoms with Gasteiger partial charge in [-0.3, -0.25) is 14.4 Å². The van der Waals surface area contributed by atoms with Crippen LogP contribution in [0.1, 0.15) is 34.1 Å². The van der Waals surface area contributed by atoms with Crippen molar-refractivity contribution in [3.63, 3.8) is 0 Å². The van der Waals surface area contributed by atoms with Crippen molar-refractivity contribution < 1.29 is 14.4 Å². The third-order valence-corrected chi connectivity index (χ3v) is 4.83. The van der Waals surface area contributed by atoms with Crippen molar-refractivity contribution in [1.82, 2.24) is 15.1 Å². The molecule has 6 heteroatoms. The van der Waals surface area contributed by atoms with Gasteiger partial charge in [-0.05, 0) is 31.2 Å². The first-order valence-corrected chi connectivity index (χ1v) is 9.52. The highest BCUT2D eigenvalue weighted by molar-refractivity contribution is 5.95. The highest BCUT2D eigenvalue weighted by Gasteiger charge is 2.25. The number of nitrogens with zero attached hydrogens (tertiary/aromatic N) is 2. The number of carbonyl (C=O) groups is 3. The molecular formula is C22H25N3O3. The molecule has 3 amide bonds. The van der Waals surface area contributed by atoms with Gasteiger partial charge in [-0.2, -0.15) is 0 Å². The van der Waals surface area contributed by atoms with E-state index < -0.39 is 0 Å². The Labute approximate surface area is 165 Å². The summed E-state index contributed by atoms with van der Waals surface area (Å²) >= 11 is 0. The van der Waals surface area contributed by atoms with Crippen LogP contribution in [0.25, 0.3) is 0 Å². The van der Waals surface area contributed by atoms with Crippen LogP contribution in [0.5, 0.6) is 0 Å². The van der Waals surface area contributed by atoms with Crippen LogP contribution in [0.3, 0.4) is 0 Å². The molecule has 1 N–H and O–H groups in total. The number of benzene rings is 2. The fourth-order valence-corrected chi connectivity index (χ4v) is 3.26. The molecule has 1 atom stereocenters. The summed E-state index contributed by atoms with van der Waals surface area (Å²) in [5.41, 5.74) is 1.24. The number of hydrogen-bond acceptors (Lipinski definition) is 3. The van der Waals surface area contributed by atoms with Crippen molar-refractivity contribution in [2.24, 2.45) is 0 Å². The van der Waals surface area contributed by atoms with Crippen LogP contribution >= 0.6 is 0 Å². The predicted octanol–water partition coefficient (Wildman–Crippen LogP) is 2.18. The summed E-state index contributed by atoms with van der Waals surface area (Å²) in [5, 5.41) is 2.86. The Balaban J connectivity index is 1.46. The molecular weight excluding hydrogens is 354 g/mol. The van der Waals surface area contributed by atoms with Gasteiger partial charge < -0.3 is 15.1 Å². The van der Waals surface area contributed by atoms with Crippen LogP contribution in [0.2, 0.25) is 0 Å². The van der Waals surface area contributed by atoms with Gasteiger partial charge in [-0.1, -0.05) is 36.4 Å². The first kappa shape index (κ1) is 19.6. The smallest absolute Gasteiger partial charge is 0.253 e. The number of nitrogens with one attached hydrogen (secondary N) is 1. The van der Waals surface area contributed by atoms with E-state index in [1.54, 1.807) is 46.2 Å². The largest absolute Gasteiger partial charge is 0.349 e. The fraction of sp³-hybridized carbons (Fsp3) is 0.318. The van der Waals surface area contributed by atoms with Gasteiger partial charge in [0.1, 0.15) is 0 Å². The lowest BCUT2D eigenvalue weighted by molar-refractivity contribution is -0.133.